The number of aryl methyl sites for hydroxylation is 1. The van der Waals surface area contributed by atoms with E-state index in [4.69, 9.17) is 17.0 Å². The van der Waals surface area contributed by atoms with Gasteiger partial charge in [-0.15, -0.1) is 0 Å². The van der Waals surface area contributed by atoms with Gasteiger partial charge in [-0.2, -0.15) is 0 Å². The first kappa shape index (κ1) is 21.0. The van der Waals surface area contributed by atoms with E-state index in [9.17, 15) is 5.11 Å². The molecule has 29 heavy (non-hydrogen) atoms. The zero-order valence-electron chi connectivity index (χ0n) is 17.9. The quantitative estimate of drug-likeness (QED) is 0.546. The van der Waals surface area contributed by atoms with Crippen LogP contribution < -0.4 is 10.6 Å². The Balaban J connectivity index is 2.39. The summed E-state index contributed by atoms with van der Waals surface area (Å²) in [5, 5.41) is 18.8. The first-order chi connectivity index (χ1) is 13.8. The summed E-state index contributed by atoms with van der Waals surface area (Å²) in [5.41, 5.74) is 4.59. The van der Waals surface area contributed by atoms with E-state index in [0.29, 0.717) is 10.7 Å². The minimum absolute atomic E-state index is 0.223. The summed E-state index contributed by atoms with van der Waals surface area (Å²) >= 11 is 5.62. The van der Waals surface area contributed by atoms with Gasteiger partial charge in [0.15, 0.2) is 0 Å². The second-order valence-electron chi connectivity index (χ2n) is 7.50. The third kappa shape index (κ3) is 3.77. The number of aromatic hydroxyl groups is 1. The number of hydrogen-bond donors (Lipinski definition) is 3. The van der Waals surface area contributed by atoms with E-state index < -0.39 is 0 Å². The molecule has 3 rings (SSSR count). The van der Waals surface area contributed by atoms with Gasteiger partial charge in [-0.1, -0.05) is 25.2 Å². The van der Waals surface area contributed by atoms with Crippen molar-refractivity contribution >= 4 is 23.6 Å². The standard InChI is InChI=1S/C23H29N3O2S/c1-7-16-8-9-19(27)18(12-16)21-20(23(29)25-24-21)14(4)17-10-11-26(13(2)3)22(17)15(5)28-6/h8-13,27H,7H2,1-6H3,(H2,24,25,29)/b17-14+,22-15-. The number of phenols is 1. The molecule has 0 spiro atoms. The van der Waals surface area contributed by atoms with Crippen LogP contribution >= 0.6 is 12.2 Å². The molecular weight excluding hydrogens is 382 g/mol. The molecule has 0 aliphatic carbocycles. The SMILES string of the molecule is CCc1ccc(O)c(-c2[nH][nH]c(=S)c2/C(C)=c2\ccn(C(C)C)\c2=C(\C)OC)c1. The number of nitrogens with one attached hydrogen (secondary N) is 2. The van der Waals surface area contributed by atoms with Crippen molar-refractivity contribution in [3.63, 3.8) is 0 Å². The highest BCUT2D eigenvalue weighted by Crippen LogP contribution is 2.33. The van der Waals surface area contributed by atoms with E-state index in [1.54, 1.807) is 13.2 Å². The number of nitrogens with zero attached hydrogens (tertiary/aromatic N) is 1. The number of methoxy groups -OCH3 is 1. The smallest absolute Gasteiger partial charge is 0.127 e. The highest BCUT2D eigenvalue weighted by molar-refractivity contribution is 7.71. The van der Waals surface area contributed by atoms with Gasteiger partial charge in [-0.05, 0) is 63.5 Å². The number of H-pyrrole nitrogens is 2. The molecule has 0 aliphatic rings. The van der Waals surface area contributed by atoms with Crippen LogP contribution in [-0.4, -0.2) is 27.0 Å². The Labute approximate surface area is 176 Å². The number of rotatable bonds is 5. The Morgan fingerprint density at radius 1 is 1.21 bits per heavy atom. The molecule has 0 bridgehead atoms. The van der Waals surface area contributed by atoms with E-state index in [1.165, 1.54) is 0 Å². The fourth-order valence-corrected chi connectivity index (χ4v) is 4.01. The molecule has 2 aromatic heterocycles. The van der Waals surface area contributed by atoms with E-state index in [2.05, 4.69) is 54.7 Å². The largest absolute Gasteiger partial charge is 0.507 e. The van der Waals surface area contributed by atoms with Gasteiger partial charge in [0.1, 0.15) is 16.1 Å². The fourth-order valence-electron chi connectivity index (χ4n) is 3.70. The number of aromatic nitrogens is 3. The molecule has 0 aliphatic heterocycles. The molecule has 0 atom stereocenters. The summed E-state index contributed by atoms with van der Waals surface area (Å²) < 4.78 is 8.40. The molecule has 0 radical (unpaired) electrons. The zero-order valence-corrected chi connectivity index (χ0v) is 18.7. The highest BCUT2D eigenvalue weighted by Gasteiger charge is 2.17. The summed E-state index contributed by atoms with van der Waals surface area (Å²) in [5.74, 6) is 1.07. The summed E-state index contributed by atoms with van der Waals surface area (Å²) in [7, 11) is 1.69. The molecular formula is C23H29N3O2S. The van der Waals surface area contributed by atoms with Crippen LogP contribution in [0.3, 0.4) is 0 Å². The molecule has 0 saturated carbocycles. The number of benzene rings is 1. The van der Waals surface area contributed by atoms with Crippen LogP contribution in [0.1, 0.15) is 51.8 Å². The van der Waals surface area contributed by atoms with Gasteiger partial charge in [0.25, 0.3) is 0 Å². The van der Waals surface area contributed by atoms with Crippen molar-refractivity contribution in [3.8, 4) is 17.0 Å². The van der Waals surface area contributed by atoms with Gasteiger partial charge in [-0.25, -0.2) is 0 Å². The van der Waals surface area contributed by atoms with Crippen LogP contribution in [0.4, 0.5) is 0 Å². The van der Waals surface area contributed by atoms with Crippen molar-refractivity contribution in [1.82, 2.24) is 14.8 Å². The lowest BCUT2D eigenvalue weighted by atomic mass is 9.98. The summed E-state index contributed by atoms with van der Waals surface area (Å²) in [6, 6.07) is 8.07. The summed E-state index contributed by atoms with van der Waals surface area (Å²) in [6.45, 7) is 10.4. The van der Waals surface area contributed by atoms with Crippen LogP contribution in [0.15, 0.2) is 30.5 Å². The summed E-state index contributed by atoms with van der Waals surface area (Å²) in [6.07, 6.45) is 2.97. The average Bonchev–Trinajstić information content (AvgIpc) is 3.31. The Morgan fingerprint density at radius 3 is 2.55 bits per heavy atom. The van der Waals surface area contributed by atoms with Gasteiger partial charge < -0.3 is 14.4 Å². The summed E-state index contributed by atoms with van der Waals surface area (Å²) in [4.78, 5) is 0. The predicted octanol–water partition coefficient (Wildman–Crippen LogP) is 4.38. The third-order valence-electron chi connectivity index (χ3n) is 5.41. The Bertz CT molecular complexity index is 1210. The van der Waals surface area contributed by atoms with Gasteiger partial charge in [0.2, 0.25) is 0 Å². The first-order valence-electron chi connectivity index (χ1n) is 9.86. The maximum absolute atomic E-state index is 10.5. The van der Waals surface area contributed by atoms with Crippen molar-refractivity contribution in [1.29, 1.82) is 0 Å². The van der Waals surface area contributed by atoms with Crippen molar-refractivity contribution in [3.05, 3.63) is 56.8 Å². The lowest BCUT2D eigenvalue weighted by Gasteiger charge is -2.11. The molecule has 0 saturated heterocycles. The molecule has 0 unspecified atom stereocenters. The predicted molar refractivity (Wildman–Crippen MR) is 121 cm³/mol. The van der Waals surface area contributed by atoms with Crippen molar-refractivity contribution in [2.24, 2.45) is 0 Å². The van der Waals surface area contributed by atoms with Gasteiger partial charge in [0, 0.05) is 28.6 Å². The van der Waals surface area contributed by atoms with Crippen LogP contribution in [0, 0.1) is 4.64 Å². The van der Waals surface area contributed by atoms with Gasteiger partial charge in [-0.3, -0.25) is 10.2 Å². The van der Waals surface area contributed by atoms with E-state index in [-0.39, 0.29) is 5.75 Å². The maximum atomic E-state index is 10.5. The first-order valence-corrected chi connectivity index (χ1v) is 10.3. The van der Waals surface area contributed by atoms with Gasteiger partial charge in [0.05, 0.1) is 18.2 Å². The molecule has 2 heterocycles. The second kappa shape index (κ2) is 8.33. The van der Waals surface area contributed by atoms with Crippen molar-refractivity contribution in [2.45, 2.75) is 47.1 Å². The number of hydrogen-bond acceptors (Lipinski definition) is 3. The molecule has 0 fully saturated rings. The monoisotopic (exact) mass is 411 g/mol. The molecule has 1 aromatic carbocycles. The molecule has 3 N–H and O–H groups in total. The molecule has 0 amide bonds. The van der Waals surface area contributed by atoms with Crippen LogP contribution in [0.2, 0.25) is 0 Å². The Hall–Kier alpha value is -2.73. The average molecular weight is 412 g/mol. The van der Waals surface area contributed by atoms with Crippen LogP contribution in [-0.2, 0) is 11.2 Å². The number of phenolic OH excluding ortho intramolecular Hbond substituents is 1. The normalized spacial score (nSPS) is 13.6. The van der Waals surface area contributed by atoms with Crippen LogP contribution in [0.5, 0.6) is 5.75 Å². The Morgan fingerprint density at radius 2 is 1.93 bits per heavy atom. The molecule has 3 aromatic rings. The third-order valence-corrected chi connectivity index (χ3v) is 5.71. The molecule has 5 nitrogen and oxygen atoms in total. The van der Waals surface area contributed by atoms with E-state index >= 15 is 0 Å². The number of aromatic amines is 2. The lowest BCUT2D eigenvalue weighted by molar-refractivity contribution is 0.356. The fraction of sp³-hybridized carbons (Fsp3) is 0.348. The van der Waals surface area contributed by atoms with Gasteiger partial charge >= 0.3 is 0 Å². The lowest BCUT2D eigenvalue weighted by Crippen LogP contribution is -2.34. The van der Waals surface area contributed by atoms with E-state index in [1.807, 2.05) is 19.1 Å². The molecule has 6 heteroatoms. The van der Waals surface area contributed by atoms with Crippen molar-refractivity contribution < 1.29 is 9.84 Å². The Kier molecular flexibility index (Phi) is 6.03. The molecule has 154 valence electrons. The van der Waals surface area contributed by atoms with Crippen molar-refractivity contribution in [2.75, 3.05) is 7.11 Å². The van der Waals surface area contributed by atoms with Crippen LogP contribution in [0.25, 0.3) is 22.6 Å². The second-order valence-corrected chi connectivity index (χ2v) is 7.91. The topological polar surface area (TPSA) is 66.0 Å². The van der Waals surface area contributed by atoms with E-state index in [0.717, 1.165) is 50.7 Å². The minimum atomic E-state index is 0.223. The maximum Gasteiger partial charge on any atom is 0.127 e. The number of ether oxygens (including phenoxy) is 1. The highest BCUT2D eigenvalue weighted by atomic mass is 32.1. The minimum Gasteiger partial charge on any atom is -0.507 e. The zero-order chi connectivity index (χ0) is 21.3.